The molecule has 0 heterocycles. The first-order valence-corrected chi connectivity index (χ1v) is 4.75. The van der Waals surface area contributed by atoms with Gasteiger partial charge in [-0.05, 0) is 28.1 Å². The first-order chi connectivity index (χ1) is 6.61. The van der Waals surface area contributed by atoms with Gasteiger partial charge in [-0.25, -0.2) is 4.79 Å². The van der Waals surface area contributed by atoms with Gasteiger partial charge in [0.2, 0.25) is 0 Å². The Morgan fingerprint density at radius 2 is 2.29 bits per heavy atom. The van der Waals surface area contributed by atoms with E-state index in [4.69, 9.17) is 16.9 Å². The van der Waals surface area contributed by atoms with Crippen molar-refractivity contribution in [1.82, 2.24) is 0 Å². The van der Waals surface area contributed by atoms with Crippen LogP contribution in [-0.4, -0.2) is 13.1 Å². The predicted octanol–water partition coefficient (Wildman–Crippen LogP) is 2.76. The average molecular weight is 275 g/mol. The molecule has 0 N–H and O–H groups in total. The number of rotatable bonds is 1. The summed E-state index contributed by atoms with van der Waals surface area (Å²) in [5.41, 5.74) is 0.274. The second kappa shape index (κ2) is 4.45. The number of carbonyl (C=O) groups excluding carboxylic acids is 1. The van der Waals surface area contributed by atoms with Crippen molar-refractivity contribution in [2.45, 2.75) is 0 Å². The molecule has 0 saturated carbocycles. The number of hydrogen-bond acceptors (Lipinski definition) is 3. The van der Waals surface area contributed by atoms with Gasteiger partial charge in [-0.2, -0.15) is 5.26 Å². The Labute approximate surface area is 94.4 Å². The highest BCUT2D eigenvalue weighted by molar-refractivity contribution is 9.10. The SMILES string of the molecule is COC(=O)c1c(Br)ccc(Cl)c1C#N. The van der Waals surface area contributed by atoms with E-state index in [0.717, 1.165) is 0 Å². The van der Waals surface area contributed by atoms with Gasteiger partial charge in [0.25, 0.3) is 0 Å². The van der Waals surface area contributed by atoms with Crippen molar-refractivity contribution < 1.29 is 9.53 Å². The molecule has 0 aromatic heterocycles. The van der Waals surface area contributed by atoms with Crippen molar-refractivity contribution in [3.05, 3.63) is 32.8 Å². The molecule has 3 nitrogen and oxygen atoms in total. The Morgan fingerprint density at radius 3 is 2.79 bits per heavy atom. The molecule has 0 radical (unpaired) electrons. The third-order valence-electron chi connectivity index (χ3n) is 1.60. The number of esters is 1. The lowest BCUT2D eigenvalue weighted by Crippen LogP contribution is -2.05. The molecule has 0 fully saturated rings. The van der Waals surface area contributed by atoms with Gasteiger partial charge in [-0.15, -0.1) is 0 Å². The zero-order valence-corrected chi connectivity index (χ0v) is 9.52. The topological polar surface area (TPSA) is 50.1 Å². The zero-order chi connectivity index (χ0) is 10.7. The average Bonchev–Trinajstić information content (AvgIpc) is 2.19. The Balaban J connectivity index is 3.47. The Bertz CT molecular complexity index is 426. The predicted molar refractivity (Wildman–Crippen MR) is 55.2 cm³/mol. The van der Waals surface area contributed by atoms with E-state index >= 15 is 0 Å². The van der Waals surface area contributed by atoms with Crippen LogP contribution in [-0.2, 0) is 4.74 Å². The number of halogens is 2. The summed E-state index contributed by atoms with van der Waals surface area (Å²) in [4.78, 5) is 11.3. The standard InChI is InChI=1S/C9H5BrClNO2/c1-14-9(13)8-5(4-12)7(11)3-2-6(8)10/h2-3H,1H3. The third-order valence-corrected chi connectivity index (χ3v) is 2.58. The van der Waals surface area contributed by atoms with Crippen molar-refractivity contribution in [3.8, 4) is 6.07 Å². The van der Waals surface area contributed by atoms with Crippen LogP contribution in [0, 0.1) is 11.3 Å². The van der Waals surface area contributed by atoms with Gasteiger partial charge in [0, 0.05) is 4.47 Å². The lowest BCUT2D eigenvalue weighted by atomic mass is 10.1. The van der Waals surface area contributed by atoms with Crippen LogP contribution in [0.15, 0.2) is 16.6 Å². The van der Waals surface area contributed by atoms with Crippen molar-refractivity contribution in [2.75, 3.05) is 7.11 Å². The van der Waals surface area contributed by atoms with E-state index in [1.807, 2.05) is 6.07 Å². The Hall–Kier alpha value is -1.05. The van der Waals surface area contributed by atoms with E-state index in [1.165, 1.54) is 13.2 Å². The summed E-state index contributed by atoms with van der Waals surface area (Å²) in [6, 6.07) is 4.99. The molecule has 0 amide bonds. The van der Waals surface area contributed by atoms with Gasteiger partial charge in [0.1, 0.15) is 6.07 Å². The Morgan fingerprint density at radius 1 is 1.64 bits per heavy atom. The molecule has 72 valence electrons. The maximum Gasteiger partial charge on any atom is 0.340 e. The highest BCUT2D eigenvalue weighted by Crippen LogP contribution is 2.27. The summed E-state index contributed by atoms with van der Waals surface area (Å²) < 4.78 is 5.03. The third kappa shape index (κ3) is 1.89. The van der Waals surface area contributed by atoms with Gasteiger partial charge in [-0.3, -0.25) is 0 Å². The summed E-state index contributed by atoms with van der Waals surface area (Å²) in [5.74, 6) is -0.587. The molecule has 5 heteroatoms. The molecule has 1 rings (SSSR count). The van der Waals surface area contributed by atoms with Crippen LogP contribution in [0.4, 0.5) is 0 Å². The minimum Gasteiger partial charge on any atom is -0.465 e. The smallest absolute Gasteiger partial charge is 0.340 e. The van der Waals surface area contributed by atoms with E-state index < -0.39 is 5.97 Å². The number of methoxy groups -OCH3 is 1. The molecule has 0 aliphatic heterocycles. The van der Waals surface area contributed by atoms with Crippen LogP contribution in [0.1, 0.15) is 15.9 Å². The lowest BCUT2D eigenvalue weighted by Gasteiger charge is -2.05. The quantitative estimate of drug-likeness (QED) is 0.740. The molecular formula is C9H5BrClNO2. The van der Waals surface area contributed by atoms with Crippen LogP contribution in [0.2, 0.25) is 5.02 Å². The summed E-state index contributed by atoms with van der Waals surface area (Å²) in [6.45, 7) is 0. The summed E-state index contributed by atoms with van der Waals surface area (Å²) in [5, 5.41) is 9.04. The zero-order valence-electron chi connectivity index (χ0n) is 7.17. The van der Waals surface area contributed by atoms with E-state index in [0.29, 0.717) is 4.47 Å². The van der Waals surface area contributed by atoms with Crippen molar-refractivity contribution in [3.63, 3.8) is 0 Å². The highest BCUT2D eigenvalue weighted by atomic mass is 79.9. The molecular weight excluding hydrogens is 269 g/mol. The summed E-state index contributed by atoms with van der Waals surface area (Å²) in [7, 11) is 1.25. The van der Waals surface area contributed by atoms with Crippen LogP contribution < -0.4 is 0 Å². The number of carbonyl (C=O) groups is 1. The molecule has 0 aliphatic rings. The maximum absolute atomic E-state index is 11.3. The highest BCUT2D eigenvalue weighted by Gasteiger charge is 2.18. The van der Waals surface area contributed by atoms with Crippen LogP contribution >= 0.6 is 27.5 Å². The fourth-order valence-electron chi connectivity index (χ4n) is 0.963. The van der Waals surface area contributed by atoms with Crippen LogP contribution in [0.25, 0.3) is 0 Å². The minimum atomic E-state index is -0.587. The second-order valence-corrected chi connectivity index (χ2v) is 3.64. The van der Waals surface area contributed by atoms with Gasteiger partial charge in [0.15, 0.2) is 0 Å². The monoisotopic (exact) mass is 273 g/mol. The molecule has 0 atom stereocenters. The fraction of sp³-hybridized carbons (Fsp3) is 0.111. The maximum atomic E-state index is 11.3. The first-order valence-electron chi connectivity index (χ1n) is 3.58. The van der Waals surface area contributed by atoms with Crippen molar-refractivity contribution in [1.29, 1.82) is 5.26 Å². The Kier molecular flexibility index (Phi) is 3.50. The number of benzene rings is 1. The van der Waals surface area contributed by atoms with E-state index in [1.54, 1.807) is 6.07 Å². The van der Waals surface area contributed by atoms with E-state index in [-0.39, 0.29) is 16.1 Å². The molecule has 0 spiro atoms. The minimum absolute atomic E-state index is 0.118. The normalized spacial score (nSPS) is 9.29. The van der Waals surface area contributed by atoms with E-state index in [9.17, 15) is 4.79 Å². The van der Waals surface area contributed by atoms with Gasteiger partial charge in [-0.1, -0.05) is 11.6 Å². The number of nitriles is 1. The molecule has 14 heavy (non-hydrogen) atoms. The largest absolute Gasteiger partial charge is 0.465 e. The van der Waals surface area contributed by atoms with Crippen LogP contribution in [0.3, 0.4) is 0 Å². The lowest BCUT2D eigenvalue weighted by molar-refractivity contribution is 0.0599. The molecule has 1 aromatic carbocycles. The number of nitrogens with zero attached hydrogens (tertiary/aromatic N) is 1. The second-order valence-electron chi connectivity index (χ2n) is 2.38. The number of ether oxygens (including phenoxy) is 1. The number of hydrogen-bond donors (Lipinski definition) is 0. The molecule has 0 bridgehead atoms. The van der Waals surface area contributed by atoms with Gasteiger partial charge >= 0.3 is 5.97 Å². The molecule has 0 saturated heterocycles. The van der Waals surface area contributed by atoms with Crippen molar-refractivity contribution in [2.24, 2.45) is 0 Å². The first kappa shape index (κ1) is 11.0. The summed E-state index contributed by atoms with van der Waals surface area (Å²) >= 11 is 8.90. The fourth-order valence-corrected chi connectivity index (χ4v) is 1.65. The van der Waals surface area contributed by atoms with Crippen LogP contribution in [0.5, 0.6) is 0 Å². The molecule has 0 unspecified atom stereocenters. The molecule has 0 aliphatic carbocycles. The summed E-state index contributed by atoms with van der Waals surface area (Å²) in [6.07, 6.45) is 0. The van der Waals surface area contributed by atoms with Gasteiger partial charge in [0.05, 0.1) is 23.3 Å². The molecule has 1 aromatic rings. The van der Waals surface area contributed by atoms with Crippen molar-refractivity contribution >= 4 is 33.5 Å². The van der Waals surface area contributed by atoms with Gasteiger partial charge < -0.3 is 4.74 Å². The van der Waals surface area contributed by atoms with E-state index in [2.05, 4.69) is 20.7 Å².